The molecular weight excluding hydrogens is 553 g/mol. The fourth-order valence-electron chi connectivity index (χ4n) is 7.96. The summed E-state index contributed by atoms with van der Waals surface area (Å²) >= 11 is 0. The Morgan fingerprint density at radius 1 is 0.478 bits per heavy atom. The monoisotopic (exact) mass is 606 g/mol. The summed E-state index contributed by atoms with van der Waals surface area (Å²) in [6.07, 6.45) is 12.2. The topological polar surface area (TPSA) is 0 Å². The fourth-order valence-corrected chi connectivity index (χ4v) is 7.96. The molecule has 6 rings (SSSR count). The van der Waals surface area contributed by atoms with Crippen LogP contribution in [-0.2, 0) is 10.8 Å². The molecule has 46 heavy (non-hydrogen) atoms. The highest BCUT2D eigenvalue weighted by Crippen LogP contribution is 2.50. The van der Waals surface area contributed by atoms with Gasteiger partial charge in [0, 0.05) is 11.8 Å². The Balaban J connectivity index is 1.30. The molecule has 2 aliphatic rings. The molecule has 0 aliphatic heterocycles. The number of hydrogen-bond donors (Lipinski definition) is 0. The molecule has 0 spiro atoms. The molecule has 0 amide bonds. The lowest BCUT2D eigenvalue weighted by Crippen LogP contribution is -2.10. The molecule has 4 aromatic carbocycles. The van der Waals surface area contributed by atoms with Gasteiger partial charge in [-0.2, -0.15) is 0 Å². The van der Waals surface area contributed by atoms with E-state index in [0.717, 1.165) is 0 Å². The zero-order chi connectivity index (χ0) is 32.6. The number of rotatable bonds is 9. The van der Waals surface area contributed by atoms with Crippen LogP contribution >= 0.6 is 0 Å². The molecule has 2 aliphatic carbocycles. The third-order valence-corrected chi connectivity index (χ3v) is 10.5. The molecule has 0 bridgehead atoms. The minimum atomic E-state index is 0.165. The Morgan fingerprint density at radius 3 is 1.17 bits per heavy atom. The van der Waals surface area contributed by atoms with Crippen molar-refractivity contribution in [1.82, 2.24) is 0 Å². The molecule has 0 radical (unpaired) electrons. The molecule has 2 atom stereocenters. The summed E-state index contributed by atoms with van der Waals surface area (Å²) in [4.78, 5) is 0. The second-order valence-electron chi connectivity index (χ2n) is 15.9. The van der Waals surface area contributed by atoms with Crippen molar-refractivity contribution in [1.29, 1.82) is 0 Å². The van der Waals surface area contributed by atoms with E-state index in [9.17, 15) is 0 Å². The lowest BCUT2D eigenvalue weighted by Gasteiger charge is -2.23. The third-order valence-electron chi connectivity index (χ3n) is 10.5. The zero-order valence-electron chi connectivity index (χ0n) is 29.6. The predicted molar refractivity (Wildman–Crippen MR) is 202 cm³/mol. The number of benzene rings is 4. The Hall–Kier alpha value is -3.64. The predicted octanol–water partition coefficient (Wildman–Crippen LogP) is 13.7. The minimum absolute atomic E-state index is 0.165. The van der Waals surface area contributed by atoms with E-state index in [0.29, 0.717) is 11.8 Å². The zero-order valence-corrected chi connectivity index (χ0v) is 29.6. The Bertz CT molecular complexity index is 1610. The number of fused-ring (bicyclic) bond motifs is 2. The highest BCUT2D eigenvalue weighted by Gasteiger charge is 2.31. The van der Waals surface area contributed by atoms with Crippen LogP contribution in [0.25, 0.3) is 34.4 Å². The summed E-state index contributed by atoms with van der Waals surface area (Å²) in [6, 6.07) is 32.7. The smallest absolute Gasteiger partial charge is 0.00579 e. The van der Waals surface area contributed by atoms with Crippen LogP contribution < -0.4 is 0 Å². The number of allylic oxidation sites excluding steroid dienone is 2. The number of hydrogen-bond acceptors (Lipinski definition) is 0. The lowest BCUT2D eigenvalue weighted by molar-refractivity contribution is 0.586. The molecule has 0 heterocycles. The van der Waals surface area contributed by atoms with Gasteiger partial charge in [-0.1, -0.05) is 176 Å². The molecule has 0 saturated heterocycles. The molecule has 0 aromatic heterocycles. The van der Waals surface area contributed by atoms with Gasteiger partial charge in [0.25, 0.3) is 0 Å². The van der Waals surface area contributed by atoms with E-state index < -0.39 is 0 Å². The SMILES string of the molecule is CCCC1=Cc2c(-c3ccc(C(C)(C)C)cc3)cccc2C1CCC1C(CCC)=Cc2c(-c3ccc(C(C)(C)C)cc3)cccc21. The molecule has 0 saturated carbocycles. The van der Waals surface area contributed by atoms with Gasteiger partial charge in [0.15, 0.2) is 0 Å². The van der Waals surface area contributed by atoms with Gasteiger partial charge in [0.2, 0.25) is 0 Å². The maximum atomic E-state index is 2.56. The van der Waals surface area contributed by atoms with Gasteiger partial charge in [-0.15, -0.1) is 0 Å². The van der Waals surface area contributed by atoms with Crippen LogP contribution in [0.15, 0.2) is 96.1 Å². The highest BCUT2D eigenvalue weighted by molar-refractivity contribution is 5.83. The van der Waals surface area contributed by atoms with Crippen LogP contribution in [0.1, 0.15) is 139 Å². The van der Waals surface area contributed by atoms with E-state index in [-0.39, 0.29) is 10.8 Å². The quantitative estimate of drug-likeness (QED) is 0.178. The van der Waals surface area contributed by atoms with Crippen molar-refractivity contribution < 1.29 is 0 Å². The van der Waals surface area contributed by atoms with E-state index >= 15 is 0 Å². The summed E-state index contributed by atoms with van der Waals surface area (Å²) in [6.45, 7) is 18.4. The first-order valence-corrected chi connectivity index (χ1v) is 17.9. The fraction of sp³-hybridized carbons (Fsp3) is 0.391. The Morgan fingerprint density at radius 2 is 0.848 bits per heavy atom. The largest absolute Gasteiger partial charge is 0.0651 e. The first-order valence-electron chi connectivity index (χ1n) is 17.9. The van der Waals surface area contributed by atoms with E-state index in [1.165, 1.54) is 94.2 Å². The van der Waals surface area contributed by atoms with Crippen molar-refractivity contribution in [3.05, 3.63) is 129 Å². The second-order valence-corrected chi connectivity index (χ2v) is 15.9. The van der Waals surface area contributed by atoms with E-state index in [1.54, 1.807) is 11.1 Å². The van der Waals surface area contributed by atoms with Crippen molar-refractivity contribution in [3.8, 4) is 22.3 Å². The summed E-state index contributed by atoms with van der Waals surface area (Å²) in [7, 11) is 0. The van der Waals surface area contributed by atoms with E-state index in [4.69, 9.17) is 0 Å². The summed E-state index contributed by atoms with van der Waals surface area (Å²) in [5, 5.41) is 0. The average molecular weight is 607 g/mol. The van der Waals surface area contributed by atoms with Gasteiger partial charge >= 0.3 is 0 Å². The molecule has 0 nitrogen and oxygen atoms in total. The second kappa shape index (κ2) is 12.9. The van der Waals surface area contributed by atoms with Gasteiger partial charge in [-0.3, -0.25) is 0 Å². The molecule has 2 unspecified atom stereocenters. The van der Waals surface area contributed by atoms with Gasteiger partial charge in [-0.05, 0) is 92.1 Å². The maximum absolute atomic E-state index is 2.56. The van der Waals surface area contributed by atoms with Crippen molar-refractivity contribution >= 4 is 12.2 Å². The van der Waals surface area contributed by atoms with Crippen LogP contribution in [0.3, 0.4) is 0 Å². The maximum Gasteiger partial charge on any atom is 0.00579 e. The van der Waals surface area contributed by atoms with Crippen LogP contribution in [-0.4, -0.2) is 0 Å². The molecule has 0 fully saturated rings. The Labute approximate surface area is 279 Å². The minimum Gasteiger partial charge on any atom is -0.0651 e. The van der Waals surface area contributed by atoms with Crippen LogP contribution in [0, 0.1) is 0 Å². The summed E-state index contributed by atoms with van der Waals surface area (Å²) in [5.41, 5.74) is 17.8. The summed E-state index contributed by atoms with van der Waals surface area (Å²) < 4.78 is 0. The van der Waals surface area contributed by atoms with Crippen LogP contribution in [0.4, 0.5) is 0 Å². The first kappa shape index (κ1) is 32.3. The van der Waals surface area contributed by atoms with Crippen molar-refractivity contribution in [2.45, 2.75) is 117 Å². The standard InChI is InChI=1S/C46H54/c1-9-13-33-29-43-37(31-19-23-35(24-20-31)45(3,4)5)15-11-17-41(43)39(33)27-28-40-34(14-10-2)30-44-38(16-12-18-42(40)44)32-21-25-36(26-22-32)46(6,7)8/h11-12,15-26,29-30,39-40H,9-10,13-14,27-28H2,1-8H3. The van der Waals surface area contributed by atoms with Gasteiger partial charge in [0.1, 0.15) is 0 Å². The lowest BCUT2D eigenvalue weighted by atomic mass is 9.81. The highest BCUT2D eigenvalue weighted by atomic mass is 14.4. The van der Waals surface area contributed by atoms with Gasteiger partial charge in [-0.25, -0.2) is 0 Å². The van der Waals surface area contributed by atoms with Gasteiger partial charge in [0.05, 0.1) is 0 Å². The van der Waals surface area contributed by atoms with E-state index in [2.05, 4.69) is 152 Å². The van der Waals surface area contributed by atoms with Crippen molar-refractivity contribution in [2.24, 2.45) is 0 Å². The molecule has 0 heteroatoms. The molecule has 4 aromatic rings. The first-order chi connectivity index (χ1) is 22.0. The van der Waals surface area contributed by atoms with Crippen molar-refractivity contribution in [3.63, 3.8) is 0 Å². The molecular formula is C46H54. The average Bonchev–Trinajstić information content (AvgIpc) is 3.56. The van der Waals surface area contributed by atoms with Gasteiger partial charge < -0.3 is 0 Å². The normalized spacial score (nSPS) is 17.5. The third kappa shape index (κ3) is 6.33. The Kier molecular flexibility index (Phi) is 9.04. The molecule has 0 N–H and O–H groups in total. The van der Waals surface area contributed by atoms with Crippen LogP contribution in [0.2, 0.25) is 0 Å². The van der Waals surface area contributed by atoms with Crippen LogP contribution in [0.5, 0.6) is 0 Å². The van der Waals surface area contributed by atoms with E-state index in [1.807, 2.05) is 0 Å². The van der Waals surface area contributed by atoms with Crippen molar-refractivity contribution in [2.75, 3.05) is 0 Å². The summed E-state index contributed by atoms with van der Waals surface area (Å²) in [5.74, 6) is 1.01. The molecule has 238 valence electrons.